The van der Waals surface area contributed by atoms with E-state index in [0.29, 0.717) is 37.8 Å². The molecule has 0 aliphatic heterocycles. The van der Waals surface area contributed by atoms with Gasteiger partial charge in [0.25, 0.3) is 0 Å². The SMILES string of the molecule is CCOC(=O)C(Cc1ccc(OCCc2ccc(-c3nccc(C#N)n3)s2)cc1)OCC. The molecule has 1 aromatic carbocycles. The Labute approximate surface area is 191 Å². The average Bonchev–Trinajstić information content (AvgIpc) is 3.29. The van der Waals surface area contributed by atoms with E-state index < -0.39 is 6.10 Å². The van der Waals surface area contributed by atoms with Crippen LogP contribution in [-0.2, 0) is 27.1 Å². The van der Waals surface area contributed by atoms with Gasteiger partial charge in [-0.2, -0.15) is 5.26 Å². The lowest BCUT2D eigenvalue weighted by molar-refractivity contribution is -0.156. The van der Waals surface area contributed by atoms with Crippen molar-refractivity contribution >= 4 is 17.3 Å². The third kappa shape index (κ3) is 6.61. The third-order valence-electron chi connectivity index (χ3n) is 4.53. The van der Waals surface area contributed by atoms with Crippen LogP contribution in [0.15, 0.2) is 48.7 Å². The van der Waals surface area contributed by atoms with Gasteiger partial charge in [-0.15, -0.1) is 11.3 Å². The van der Waals surface area contributed by atoms with Crippen molar-refractivity contribution < 1.29 is 19.0 Å². The van der Waals surface area contributed by atoms with E-state index in [9.17, 15) is 4.79 Å². The maximum atomic E-state index is 12.0. The van der Waals surface area contributed by atoms with Gasteiger partial charge in [0.05, 0.1) is 18.1 Å². The van der Waals surface area contributed by atoms with Gasteiger partial charge in [0.1, 0.15) is 17.5 Å². The molecular formula is C24H25N3O4S. The second-order valence-corrected chi connectivity index (χ2v) is 7.95. The highest BCUT2D eigenvalue weighted by Crippen LogP contribution is 2.26. The van der Waals surface area contributed by atoms with Crippen molar-refractivity contribution in [2.75, 3.05) is 19.8 Å². The van der Waals surface area contributed by atoms with E-state index in [2.05, 4.69) is 9.97 Å². The molecule has 0 bridgehead atoms. The third-order valence-corrected chi connectivity index (χ3v) is 5.67. The molecule has 0 fully saturated rings. The van der Waals surface area contributed by atoms with E-state index in [1.165, 1.54) is 0 Å². The molecule has 0 saturated carbocycles. The topological polar surface area (TPSA) is 94.3 Å². The van der Waals surface area contributed by atoms with Crippen LogP contribution in [0.2, 0.25) is 0 Å². The Morgan fingerprint density at radius 1 is 1.12 bits per heavy atom. The van der Waals surface area contributed by atoms with E-state index in [0.717, 1.165) is 27.5 Å². The molecule has 7 nitrogen and oxygen atoms in total. The Morgan fingerprint density at radius 3 is 2.66 bits per heavy atom. The highest BCUT2D eigenvalue weighted by Gasteiger charge is 2.20. The molecule has 166 valence electrons. The minimum absolute atomic E-state index is 0.334. The largest absolute Gasteiger partial charge is 0.493 e. The van der Waals surface area contributed by atoms with E-state index in [-0.39, 0.29) is 5.97 Å². The van der Waals surface area contributed by atoms with Gasteiger partial charge in [-0.05, 0) is 49.7 Å². The first-order valence-corrected chi connectivity index (χ1v) is 11.3. The molecule has 32 heavy (non-hydrogen) atoms. The lowest BCUT2D eigenvalue weighted by atomic mass is 10.1. The first-order chi connectivity index (χ1) is 15.6. The van der Waals surface area contributed by atoms with Gasteiger partial charge < -0.3 is 14.2 Å². The van der Waals surface area contributed by atoms with Crippen LogP contribution in [0.5, 0.6) is 5.75 Å². The molecule has 2 heterocycles. The Bertz CT molecular complexity index is 1060. The van der Waals surface area contributed by atoms with Gasteiger partial charge in [0, 0.05) is 30.5 Å². The fourth-order valence-electron chi connectivity index (χ4n) is 3.02. The molecule has 3 rings (SSSR count). The summed E-state index contributed by atoms with van der Waals surface area (Å²) in [6, 6.07) is 15.3. The molecule has 0 amide bonds. The van der Waals surface area contributed by atoms with E-state index in [4.69, 9.17) is 19.5 Å². The van der Waals surface area contributed by atoms with E-state index in [1.54, 1.807) is 30.5 Å². The Hall–Kier alpha value is -3.28. The molecule has 0 saturated heterocycles. The van der Waals surface area contributed by atoms with Crippen LogP contribution in [0.25, 0.3) is 10.7 Å². The van der Waals surface area contributed by atoms with Crippen LogP contribution < -0.4 is 4.74 Å². The summed E-state index contributed by atoms with van der Waals surface area (Å²) >= 11 is 1.59. The summed E-state index contributed by atoms with van der Waals surface area (Å²) in [5.74, 6) is 0.986. The van der Waals surface area contributed by atoms with Crippen LogP contribution in [0.3, 0.4) is 0 Å². The number of carbonyl (C=O) groups excluding carboxylic acids is 1. The molecule has 0 radical (unpaired) electrons. The second-order valence-electron chi connectivity index (χ2n) is 6.79. The highest BCUT2D eigenvalue weighted by molar-refractivity contribution is 7.15. The van der Waals surface area contributed by atoms with Crippen LogP contribution in [0, 0.1) is 11.3 Å². The number of benzene rings is 1. The van der Waals surface area contributed by atoms with Gasteiger partial charge in [0.15, 0.2) is 11.9 Å². The second kappa shape index (κ2) is 11.9. The van der Waals surface area contributed by atoms with Crippen molar-refractivity contribution in [1.82, 2.24) is 9.97 Å². The van der Waals surface area contributed by atoms with Gasteiger partial charge in [-0.25, -0.2) is 14.8 Å². The average molecular weight is 452 g/mol. The Kier molecular flexibility index (Phi) is 8.72. The minimum atomic E-state index is -0.599. The molecule has 2 aromatic heterocycles. The lowest BCUT2D eigenvalue weighted by Crippen LogP contribution is -2.28. The van der Waals surface area contributed by atoms with Gasteiger partial charge in [-0.3, -0.25) is 0 Å². The number of esters is 1. The summed E-state index contributed by atoms with van der Waals surface area (Å²) < 4.78 is 16.5. The van der Waals surface area contributed by atoms with Crippen molar-refractivity contribution in [3.63, 3.8) is 0 Å². The number of hydrogen-bond donors (Lipinski definition) is 0. The van der Waals surface area contributed by atoms with E-state index in [1.807, 2.05) is 49.4 Å². The zero-order valence-electron chi connectivity index (χ0n) is 18.1. The zero-order chi connectivity index (χ0) is 22.8. The summed E-state index contributed by atoms with van der Waals surface area (Å²) in [5, 5.41) is 8.99. The van der Waals surface area contributed by atoms with Crippen LogP contribution in [-0.4, -0.2) is 41.9 Å². The number of ether oxygens (including phenoxy) is 3. The predicted octanol–water partition coefficient (Wildman–Crippen LogP) is 4.21. The first kappa shape index (κ1) is 23.4. The number of hydrogen-bond acceptors (Lipinski definition) is 8. The molecule has 3 aromatic rings. The fourth-order valence-corrected chi connectivity index (χ4v) is 3.95. The highest BCUT2D eigenvalue weighted by atomic mass is 32.1. The molecule has 0 aliphatic carbocycles. The summed E-state index contributed by atoms with van der Waals surface area (Å²) in [7, 11) is 0. The van der Waals surface area contributed by atoms with Crippen LogP contribution >= 0.6 is 11.3 Å². The number of nitrogens with zero attached hydrogens (tertiary/aromatic N) is 3. The van der Waals surface area contributed by atoms with Crippen molar-refractivity contribution in [3.8, 4) is 22.5 Å². The monoisotopic (exact) mass is 451 g/mol. The summed E-state index contributed by atoms with van der Waals surface area (Å²) in [6.07, 6.45) is 2.20. The molecule has 8 heteroatoms. The van der Waals surface area contributed by atoms with Crippen LogP contribution in [0.1, 0.15) is 30.0 Å². The number of aromatic nitrogens is 2. The van der Waals surface area contributed by atoms with Crippen molar-refractivity contribution in [2.24, 2.45) is 0 Å². The maximum Gasteiger partial charge on any atom is 0.335 e. The standard InChI is InChI=1S/C24H25N3O4S/c1-3-29-21(24(28)30-4-2)15-17-5-7-19(8-6-17)31-14-12-20-9-10-22(32-20)23-26-13-11-18(16-25)27-23/h5-11,13,21H,3-4,12,14-15H2,1-2H3. The Balaban J connectivity index is 1.51. The minimum Gasteiger partial charge on any atom is -0.493 e. The number of rotatable bonds is 11. The maximum absolute atomic E-state index is 12.0. The van der Waals surface area contributed by atoms with Crippen molar-refractivity contribution in [2.45, 2.75) is 32.8 Å². The van der Waals surface area contributed by atoms with Gasteiger partial charge >= 0.3 is 5.97 Å². The molecule has 0 N–H and O–H groups in total. The van der Waals surface area contributed by atoms with Crippen molar-refractivity contribution in [3.05, 3.63) is 64.8 Å². The van der Waals surface area contributed by atoms with Crippen LogP contribution in [0.4, 0.5) is 0 Å². The molecule has 0 aliphatic rings. The molecule has 0 spiro atoms. The Morgan fingerprint density at radius 2 is 1.94 bits per heavy atom. The smallest absolute Gasteiger partial charge is 0.335 e. The van der Waals surface area contributed by atoms with Gasteiger partial charge in [-0.1, -0.05) is 12.1 Å². The zero-order valence-corrected chi connectivity index (χ0v) is 18.9. The molecular weight excluding hydrogens is 426 g/mol. The number of thiophene rings is 1. The quantitative estimate of drug-likeness (QED) is 0.403. The summed E-state index contributed by atoms with van der Waals surface area (Å²) in [4.78, 5) is 22.6. The van der Waals surface area contributed by atoms with Gasteiger partial charge in [0.2, 0.25) is 0 Å². The summed E-state index contributed by atoms with van der Waals surface area (Å²) in [6.45, 7) is 4.95. The fraction of sp³-hybridized carbons (Fsp3) is 0.333. The first-order valence-electron chi connectivity index (χ1n) is 10.4. The number of carbonyl (C=O) groups is 1. The van der Waals surface area contributed by atoms with Crippen molar-refractivity contribution in [1.29, 1.82) is 5.26 Å². The number of nitriles is 1. The molecule has 1 unspecified atom stereocenters. The lowest BCUT2D eigenvalue weighted by Gasteiger charge is -2.15. The molecule has 1 atom stereocenters. The normalized spacial score (nSPS) is 11.5. The summed E-state index contributed by atoms with van der Waals surface area (Å²) in [5.41, 5.74) is 1.33. The predicted molar refractivity (Wildman–Crippen MR) is 121 cm³/mol. The van der Waals surface area contributed by atoms with E-state index >= 15 is 0 Å².